The molecule has 0 bridgehead atoms. The summed E-state index contributed by atoms with van der Waals surface area (Å²) in [5.74, 6) is -0.248. The van der Waals surface area contributed by atoms with Crippen molar-refractivity contribution < 1.29 is 14.6 Å². The van der Waals surface area contributed by atoms with Gasteiger partial charge in [-0.15, -0.1) is 0 Å². The summed E-state index contributed by atoms with van der Waals surface area (Å²) in [7, 11) is -2.13. The Bertz CT molecular complexity index is 530. The number of rotatable bonds is 7. The van der Waals surface area contributed by atoms with Gasteiger partial charge in [0.1, 0.15) is 0 Å². The predicted octanol–water partition coefficient (Wildman–Crippen LogP) is 4.81. The van der Waals surface area contributed by atoms with Crippen LogP contribution < -0.4 is 0 Å². The standard InChI is InChI=1S/C20H34O3Si/c1-8-23-18(21)17(24(6,7)19(2,3)4)20(5,22)15-14-16-12-10-9-11-13-16/h9-13,17,22H,8,14-15H2,1-7H3. The van der Waals surface area contributed by atoms with E-state index in [0.29, 0.717) is 13.0 Å². The van der Waals surface area contributed by atoms with Gasteiger partial charge in [0.05, 0.1) is 25.8 Å². The Labute approximate surface area is 148 Å². The summed E-state index contributed by atoms with van der Waals surface area (Å²) < 4.78 is 5.36. The first-order chi connectivity index (χ1) is 10.9. The number of benzene rings is 1. The summed E-state index contributed by atoms with van der Waals surface area (Å²) in [6.07, 6.45) is 1.30. The molecule has 4 heteroatoms. The van der Waals surface area contributed by atoms with Crippen LogP contribution in [0.25, 0.3) is 0 Å². The third-order valence-electron chi connectivity index (χ3n) is 5.56. The van der Waals surface area contributed by atoms with Gasteiger partial charge in [-0.1, -0.05) is 64.2 Å². The molecule has 0 aliphatic heterocycles. The van der Waals surface area contributed by atoms with Crippen LogP contribution in [0.4, 0.5) is 0 Å². The van der Waals surface area contributed by atoms with E-state index in [0.717, 1.165) is 6.42 Å². The Balaban J connectivity index is 3.09. The fourth-order valence-corrected chi connectivity index (χ4v) is 6.41. The number of ether oxygens (including phenoxy) is 1. The molecule has 0 fully saturated rings. The summed E-state index contributed by atoms with van der Waals surface area (Å²) >= 11 is 0. The van der Waals surface area contributed by atoms with E-state index in [2.05, 4.69) is 46.0 Å². The minimum absolute atomic E-state index is 0.0127. The zero-order valence-corrected chi connectivity index (χ0v) is 17.3. The second-order valence-electron chi connectivity index (χ2n) is 8.50. The molecule has 1 aromatic carbocycles. The van der Waals surface area contributed by atoms with Crippen LogP contribution in [0.5, 0.6) is 0 Å². The topological polar surface area (TPSA) is 46.5 Å². The molecule has 0 saturated heterocycles. The molecule has 0 spiro atoms. The molecule has 2 atom stereocenters. The molecule has 0 amide bonds. The van der Waals surface area contributed by atoms with Crippen molar-refractivity contribution in [2.75, 3.05) is 6.61 Å². The number of hydrogen-bond acceptors (Lipinski definition) is 3. The first kappa shape index (κ1) is 20.9. The maximum absolute atomic E-state index is 12.7. The maximum Gasteiger partial charge on any atom is 0.309 e. The summed E-state index contributed by atoms with van der Waals surface area (Å²) in [5, 5.41) is 11.3. The van der Waals surface area contributed by atoms with Gasteiger partial charge in [-0.05, 0) is 37.3 Å². The molecule has 1 rings (SSSR count). The molecule has 2 unspecified atom stereocenters. The smallest absolute Gasteiger partial charge is 0.309 e. The van der Waals surface area contributed by atoms with E-state index in [4.69, 9.17) is 4.74 Å². The molecule has 0 saturated carbocycles. The van der Waals surface area contributed by atoms with Gasteiger partial charge in [0.2, 0.25) is 0 Å². The van der Waals surface area contributed by atoms with Crippen molar-refractivity contribution in [3.05, 3.63) is 35.9 Å². The monoisotopic (exact) mass is 350 g/mol. The van der Waals surface area contributed by atoms with Crippen molar-refractivity contribution in [2.24, 2.45) is 0 Å². The van der Waals surface area contributed by atoms with Crippen LogP contribution in [0.1, 0.15) is 46.6 Å². The lowest BCUT2D eigenvalue weighted by Crippen LogP contribution is -2.55. The van der Waals surface area contributed by atoms with Gasteiger partial charge >= 0.3 is 5.97 Å². The average Bonchev–Trinajstić information content (AvgIpc) is 2.45. The number of carbonyl (C=O) groups is 1. The molecule has 24 heavy (non-hydrogen) atoms. The first-order valence-electron chi connectivity index (χ1n) is 8.86. The number of aryl methyl sites for hydroxylation is 1. The van der Waals surface area contributed by atoms with Crippen molar-refractivity contribution in [2.45, 2.75) is 76.7 Å². The zero-order chi connectivity index (χ0) is 18.6. The van der Waals surface area contributed by atoms with E-state index in [1.54, 1.807) is 6.92 Å². The molecule has 1 aromatic rings. The molecule has 1 N–H and O–H groups in total. The molecule has 0 radical (unpaired) electrons. The number of aliphatic hydroxyl groups is 1. The largest absolute Gasteiger partial charge is 0.466 e. The fraction of sp³-hybridized carbons (Fsp3) is 0.650. The Morgan fingerprint density at radius 1 is 1.17 bits per heavy atom. The van der Waals surface area contributed by atoms with Crippen molar-refractivity contribution in [3.63, 3.8) is 0 Å². The zero-order valence-electron chi connectivity index (χ0n) is 16.3. The van der Waals surface area contributed by atoms with E-state index in [1.165, 1.54) is 5.56 Å². The Kier molecular flexibility index (Phi) is 6.82. The van der Waals surface area contributed by atoms with E-state index >= 15 is 0 Å². The molecule has 3 nitrogen and oxygen atoms in total. The number of carbonyl (C=O) groups excluding carboxylic acids is 1. The maximum atomic E-state index is 12.7. The van der Waals surface area contributed by atoms with Crippen molar-refractivity contribution in [3.8, 4) is 0 Å². The summed E-state index contributed by atoms with van der Waals surface area (Å²) in [6.45, 7) is 14.8. The van der Waals surface area contributed by atoms with Crippen LogP contribution in [0, 0.1) is 0 Å². The van der Waals surface area contributed by atoms with Gasteiger partial charge in [-0.25, -0.2) is 0 Å². The highest BCUT2D eigenvalue weighted by atomic mass is 28.3. The Hall–Kier alpha value is -1.13. The highest BCUT2D eigenvalue weighted by Crippen LogP contribution is 2.49. The van der Waals surface area contributed by atoms with Gasteiger partial charge in [0, 0.05) is 0 Å². The lowest BCUT2D eigenvalue weighted by Gasteiger charge is -2.47. The first-order valence-corrected chi connectivity index (χ1v) is 11.9. The minimum Gasteiger partial charge on any atom is -0.466 e. The van der Waals surface area contributed by atoms with E-state index in [-0.39, 0.29) is 11.0 Å². The highest BCUT2D eigenvalue weighted by molar-refractivity contribution is 6.84. The SMILES string of the molecule is CCOC(=O)C(C(C)(O)CCc1ccccc1)[Si](C)(C)C(C)(C)C. The molecular weight excluding hydrogens is 316 g/mol. The van der Waals surface area contributed by atoms with Crippen molar-refractivity contribution >= 4 is 14.0 Å². The summed E-state index contributed by atoms with van der Waals surface area (Å²) in [4.78, 5) is 12.7. The third-order valence-corrected chi connectivity index (χ3v) is 11.7. The molecular formula is C20H34O3Si. The number of esters is 1. The molecule has 0 aliphatic carbocycles. The highest BCUT2D eigenvalue weighted by Gasteiger charge is 2.54. The van der Waals surface area contributed by atoms with Crippen LogP contribution in [-0.4, -0.2) is 31.4 Å². The fourth-order valence-electron chi connectivity index (χ4n) is 3.17. The van der Waals surface area contributed by atoms with Crippen LogP contribution in [0.15, 0.2) is 30.3 Å². The Morgan fingerprint density at radius 2 is 1.71 bits per heavy atom. The van der Waals surface area contributed by atoms with Gasteiger partial charge < -0.3 is 9.84 Å². The minimum atomic E-state index is -2.13. The lowest BCUT2D eigenvalue weighted by molar-refractivity contribution is -0.148. The normalized spacial score (nSPS) is 16.3. The molecule has 0 aromatic heterocycles. The van der Waals surface area contributed by atoms with Gasteiger partial charge in [-0.2, -0.15) is 0 Å². The van der Waals surface area contributed by atoms with Crippen molar-refractivity contribution in [1.82, 2.24) is 0 Å². The molecule has 0 aliphatic rings. The van der Waals surface area contributed by atoms with E-state index in [9.17, 15) is 9.90 Å². The van der Waals surface area contributed by atoms with Crippen molar-refractivity contribution in [1.29, 1.82) is 0 Å². The van der Waals surface area contributed by atoms with Crippen LogP contribution in [-0.2, 0) is 16.0 Å². The van der Waals surface area contributed by atoms with E-state index in [1.807, 2.05) is 25.1 Å². The van der Waals surface area contributed by atoms with Crippen LogP contribution in [0.3, 0.4) is 0 Å². The van der Waals surface area contributed by atoms with E-state index < -0.39 is 19.2 Å². The second kappa shape index (κ2) is 7.83. The third kappa shape index (κ3) is 4.93. The molecule has 0 heterocycles. The summed E-state index contributed by atoms with van der Waals surface area (Å²) in [5.41, 5.74) is -0.352. The van der Waals surface area contributed by atoms with Gasteiger partial charge in [0.25, 0.3) is 0 Å². The predicted molar refractivity (Wildman–Crippen MR) is 103 cm³/mol. The van der Waals surface area contributed by atoms with Gasteiger partial charge in [-0.3, -0.25) is 4.79 Å². The second-order valence-corrected chi connectivity index (χ2v) is 14.0. The van der Waals surface area contributed by atoms with Gasteiger partial charge in [0.15, 0.2) is 0 Å². The van der Waals surface area contributed by atoms with Crippen LogP contribution >= 0.6 is 0 Å². The molecule has 136 valence electrons. The number of hydrogen-bond donors (Lipinski definition) is 1. The summed E-state index contributed by atoms with van der Waals surface area (Å²) in [6, 6.07) is 10.1. The quantitative estimate of drug-likeness (QED) is 0.567. The average molecular weight is 351 g/mol. The Morgan fingerprint density at radius 3 is 2.17 bits per heavy atom. The lowest BCUT2D eigenvalue weighted by atomic mass is 9.93. The van der Waals surface area contributed by atoms with Crippen LogP contribution in [0.2, 0.25) is 23.7 Å².